The molecular formula is C13H20F3N3. The summed E-state index contributed by atoms with van der Waals surface area (Å²) in [5.74, 6) is 0.606. The van der Waals surface area contributed by atoms with Gasteiger partial charge in [-0.1, -0.05) is 13.3 Å². The number of unbranched alkanes of at least 4 members (excludes halogenated alkanes) is 1. The molecule has 6 heteroatoms. The quantitative estimate of drug-likeness (QED) is 0.856. The summed E-state index contributed by atoms with van der Waals surface area (Å²) in [6.45, 7) is 5.31. The summed E-state index contributed by atoms with van der Waals surface area (Å²) < 4.78 is 38.5. The molecule has 108 valence electrons. The van der Waals surface area contributed by atoms with E-state index in [4.69, 9.17) is 0 Å². The van der Waals surface area contributed by atoms with Crippen LogP contribution >= 0.6 is 0 Å². The first kappa shape index (κ1) is 15.6. The van der Waals surface area contributed by atoms with Crippen molar-refractivity contribution in [3.05, 3.63) is 17.7 Å². The molecule has 0 spiro atoms. The Morgan fingerprint density at radius 2 is 1.95 bits per heavy atom. The third-order valence-electron chi connectivity index (χ3n) is 2.88. The lowest BCUT2D eigenvalue weighted by Crippen LogP contribution is -2.25. The number of hydrogen-bond acceptors (Lipinski definition) is 3. The van der Waals surface area contributed by atoms with Gasteiger partial charge in [0.1, 0.15) is 11.6 Å². The zero-order valence-electron chi connectivity index (χ0n) is 11.5. The molecule has 0 saturated carbocycles. The molecule has 0 unspecified atom stereocenters. The fourth-order valence-electron chi connectivity index (χ4n) is 1.75. The number of halogens is 3. The minimum absolute atomic E-state index is 0.236. The van der Waals surface area contributed by atoms with Crippen molar-refractivity contribution in [3.63, 3.8) is 0 Å². The average molecular weight is 275 g/mol. The lowest BCUT2D eigenvalue weighted by Gasteiger charge is -2.23. The maximum absolute atomic E-state index is 12.8. The standard InChI is InChI=1S/C13H20F3N3/c1-4-6-7-19(5-2)12-9-10(13(14,15)16)8-11(17-3)18-12/h8-9H,4-7H2,1-3H3,(H,17,18). The molecule has 0 aliphatic heterocycles. The smallest absolute Gasteiger partial charge is 0.373 e. The van der Waals surface area contributed by atoms with E-state index in [-0.39, 0.29) is 5.82 Å². The Bertz CT molecular complexity index is 405. The van der Waals surface area contributed by atoms with Crippen molar-refractivity contribution in [2.24, 2.45) is 0 Å². The van der Waals surface area contributed by atoms with Crippen LogP contribution in [0.1, 0.15) is 32.3 Å². The fourth-order valence-corrected chi connectivity index (χ4v) is 1.75. The minimum atomic E-state index is -4.35. The Balaban J connectivity index is 3.11. The largest absolute Gasteiger partial charge is 0.416 e. The first-order valence-electron chi connectivity index (χ1n) is 6.44. The van der Waals surface area contributed by atoms with E-state index in [1.54, 1.807) is 7.05 Å². The van der Waals surface area contributed by atoms with E-state index in [1.807, 2.05) is 18.7 Å². The molecule has 1 heterocycles. The molecule has 0 aromatic carbocycles. The molecule has 0 amide bonds. The first-order valence-corrected chi connectivity index (χ1v) is 6.44. The third-order valence-corrected chi connectivity index (χ3v) is 2.88. The van der Waals surface area contributed by atoms with Gasteiger partial charge >= 0.3 is 6.18 Å². The summed E-state index contributed by atoms with van der Waals surface area (Å²) in [6.07, 6.45) is -2.43. The number of nitrogens with one attached hydrogen (secondary N) is 1. The van der Waals surface area contributed by atoms with Gasteiger partial charge in [0.25, 0.3) is 0 Å². The minimum Gasteiger partial charge on any atom is -0.373 e. The number of pyridine rings is 1. The summed E-state index contributed by atoms with van der Waals surface area (Å²) in [5, 5.41) is 2.68. The van der Waals surface area contributed by atoms with Gasteiger partial charge in [-0.05, 0) is 25.5 Å². The molecule has 1 aromatic heterocycles. The first-order chi connectivity index (χ1) is 8.92. The maximum atomic E-state index is 12.8. The topological polar surface area (TPSA) is 28.2 Å². The van der Waals surface area contributed by atoms with Crippen LogP contribution in [-0.4, -0.2) is 25.1 Å². The second-order valence-corrected chi connectivity index (χ2v) is 4.28. The van der Waals surface area contributed by atoms with Crippen molar-refractivity contribution in [2.45, 2.75) is 32.9 Å². The van der Waals surface area contributed by atoms with Crippen molar-refractivity contribution in [1.29, 1.82) is 0 Å². The number of aromatic nitrogens is 1. The van der Waals surface area contributed by atoms with E-state index in [9.17, 15) is 13.2 Å². The Morgan fingerprint density at radius 3 is 2.42 bits per heavy atom. The summed E-state index contributed by atoms with van der Waals surface area (Å²) >= 11 is 0. The number of alkyl halides is 3. The van der Waals surface area contributed by atoms with E-state index in [1.165, 1.54) is 0 Å². The van der Waals surface area contributed by atoms with Crippen LogP contribution in [0.15, 0.2) is 12.1 Å². The number of rotatable bonds is 6. The third kappa shape index (κ3) is 4.29. The van der Waals surface area contributed by atoms with Gasteiger partial charge in [-0.15, -0.1) is 0 Å². The molecule has 1 rings (SSSR count). The lowest BCUT2D eigenvalue weighted by atomic mass is 10.2. The Hall–Kier alpha value is -1.46. The Kier molecular flexibility index (Phi) is 5.44. The monoisotopic (exact) mass is 275 g/mol. The zero-order chi connectivity index (χ0) is 14.5. The highest BCUT2D eigenvalue weighted by Gasteiger charge is 2.32. The van der Waals surface area contributed by atoms with Gasteiger partial charge in [-0.25, -0.2) is 4.98 Å². The summed E-state index contributed by atoms with van der Waals surface area (Å²) in [7, 11) is 1.56. The fraction of sp³-hybridized carbons (Fsp3) is 0.615. The Morgan fingerprint density at radius 1 is 1.26 bits per heavy atom. The molecule has 1 N–H and O–H groups in total. The summed E-state index contributed by atoms with van der Waals surface area (Å²) in [6, 6.07) is 2.14. The molecule has 1 aromatic rings. The molecule has 19 heavy (non-hydrogen) atoms. The van der Waals surface area contributed by atoms with Crippen LogP contribution in [0.3, 0.4) is 0 Å². The van der Waals surface area contributed by atoms with Crippen molar-refractivity contribution in [2.75, 3.05) is 30.4 Å². The molecule has 0 fully saturated rings. The molecule has 3 nitrogen and oxygen atoms in total. The van der Waals surface area contributed by atoms with Crippen LogP contribution in [0.2, 0.25) is 0 Å². The van der Waals surface area contributed by atoms with Gasteiger partial charge in [-0.2, -0.15) is 13.2 Å². The highest BCUT2D eigenvalue weighted by Crippen LogP contribution is 2.32. The number of hydrogen-bond donors (Lipinski definition) is 1. The molecule has 0 bridgehead atoms. The summed E-state index contributed by atoms with van der Waals surface area (Å²) in [5.41, 5.74) is -0.670. The van der Waals surface area contributed by atoms with Gasteiger partial charge < -0.3 is 10.2 Å². The molecule has 0 radical (unpaired) electrons. The molecule has 0 aliphatic carbocycles. The van der Waals surface area contributed by atoms with Crippen LogP contribution in [0.4, 0.5) is 24.8 Å². The average Bonchev–Trinajstić information content (AvgIpc) is 2.38. The lowest BCUT2D eigenvalue weighted by molar-refractivity contribution is -0.137. The SMILES string of the molecule is CCCCN(CC)c1cc(C(F)(F)F)cc(NC)n1. The second kappa shape index (κ2) is 6.63. The Labute approximate surface area is 111 Å². The van der Waals surface area contributed by atoms with Crippen LogP contribution < -0.4 is 10.2 Å². The van der Waals surface area contributed by atoms with Crippen LogP contribution in [-0.2, 0) is 6.18 Å². The second-order valence-electron chi connectivity index (χ2n) is 4.28. The predicted octanol–water partition coefficient (Wildman–Crippen LogP) is 3.77. The molecule has 0 aliphatic rings. The van der Waals surface area contributed by atoms with Gasteiger partial charge in [0.05, 0.1) is 5.56 Å². The van der Waals surface area contributed by atoms with E-state index in [0.29, 0.717) is 18.9 Å². The van der Waals surface area contributed by atoms with Crippen molar-refractivity contribution < 1.29 is 13.2 Å². The predicted molar refractivity (Wildman–Crippen MR) is 71.6 cm³/mol. The highest BCUT2D eigenvalue weighted by molar-refractivity contribution is 5.51. The van der Waals surface area contributed by atoms with Gasteiger partial charge in [0.15, 0.2) is 0 Å². The van der Waals surface area contributed by atoms with E-state index < -0.39 is 11.7 Å². The van der Waals surface area contributed by atoms with E-state index >= 15 is 0 Å². The van der Waals surface area contributed by atoms with Crippen molar-refractivity contribution in [3.8, 4) is 0 Å². The molecular weight excluding hydrogens is 255 g/mol. The van der Waals surface area contributed by atoms with Crippen LogP contribution in [0.5, 0.6) is 0 Å². The highest BCUT2D eigenvalue weighted by atomic mass is 19.4. The van der Waals surface area contributed by atoms with Crippen molar-refractivity contribution >= 4 is 11.6 Å². The van der Waals surface area contributed by atoms with Crippen LogP contribution in [0.25, 0.3) is 0 Å². The van der Waals surface area contributed by atoms with E-state index in [2.05, 4.69) is 10.3 Å². The van der Waals surface area contributed by atoms with Gasteiger partial charge in [-0.3, -0.25) is 0 Å². The number of anilines is 2. The van der Waals surface area contributed by atoms with Crippen LogP contribution in [0, 0.1) is 0 Å². The normalized spacial score (nSPS) is 11.5. The van der Waals surface area contributed by atoms with Gasteiger partial charge in [0.2, 0.25) is 0 Å². The van der Waals surface area contributed by atoms with Gasteiger partial charge in [0, 0.05) is 20.1 Å². The molecule has 0 saturated heterocycles. The molecule has 0 atom stereocenters. The zero-order valence-corrected chi connectivity index (χ0v) is 11.5. The number of nitrogens with zero attached hydrogens (tertiary/aromatic N) is 2. The summed E-state index contributed by atoms with van der Waals surface area (Å²) in [4.78, 5) is 6.06. The maximum Gasteiger partial charge on any atom is 0.416 e. The van der Waals surface area contributed by atoms with Crippen molar-refractivity contribution in [1.82, 2.24) is 4.98 Å². The van der Waals surface area contributed by atoms with E-state index in [0.717, 1.165) is 25.0 Å².